The van der Waals surface area contributed by atoms with E-state index in [0.717, 1.165) is 51.4 Å². The summed E-state index contributed by atoms with van der Waals surface area (Å²) in [6.07, 6.45) is 27.9. The molecular formula is C43H80O10. The number of hydrogen-bond acceptors (Lipinski definition) is 10. The van der Waals surface area contributed by atoms with Crippen molar-refractivity contribution in [3.05, 3.63) is 12.2 Å². The molecule has 0 bridgehead atoms. The molecule has 0 amide bonds. The van der Waals surface area contributed by atoms with E-state index in [-0.39, 0.29) is 32.0 Å². The molecule has 0 unspecified atom stereocenters. The Morgan fingerprint density at radius 3 is 1.47 bits per heavy atom. The number of allylic oxidation sites excluding steroid dienone is 2. The summed E-state index contributed by atoms with van der Waals surface area (Å²) < 4.78 is 22.1. The molecule has 0 aromatic carbocycles. The molecule has 0 saturated carbocycles. The standard InChI is InChI=1S/C43H80O10/c1-3-5-7-9-11-13-15-17-18-20-22-24-26-28-30-32-39(46)52-36(35-51-43-42(49)41(48)40(47)37(33-44)53-43)34-50-38(45)31-29-27-25-23-21-19-16-14-12-10-8-6-4-2/h17-18,36-37,40-44,47-49H,3-16,19-35H2,1-2H3/t36-,37-,40+,41+,42-,43+/m1/s1. The topological polar surface area (TPSA) is 152 Å². The molecule has 6 atom stereocenters. The number of ether oxygens (including phenoxy) is 4. The zero-order valence-electron chi connectivity index (χ0n) is 33.8. The van der Waals surface area contributed by atoms with Gasteiger partial charge in [0.2, 0.25) is 0 Å². The van der Waals surface area contributed by atoms with E-state index < -0.39 is 49.4 Å². The lowest BCUT2D eigenvalue weighted by molar-refractivity contribution is -0.305. The molecule has 1 fully saturated rings. The third-order valence-corrected chi connectivity index (χ3v) is 10.2. The van der Waals surface area contributed by atoms with E-state index in [4.69, 9.17) is 18.9 Å². The average Bonchev–Trinajstić information content (AvgIpc) is 3.15. The van der Waals surface area contributed by atoms with Crippen LogP contribution in [0, 0.1) is 0 Å². The lowest BCUT2D eigenvalue weighted by atomic mass is 9.99. The summed E-state index contributed by atoms with van der Waals surface area (Å²) >= 11 is 0. The van der Waals surface area contributed by atoms with Gasteiger partial charge in [-0.25, -0.2) is 0 Å². The highest BCUT2D eigenvalue weighted by molar-refractivity contribution is 5.70. The summed E-state index contributed by atoms with van der Waals surface area (Å²) in [5.74, 6) is -0.809. The summed E-state index contributed by atoms with van der Waals surface area (Å²) in [5.41, 5.74) is 0. The molecule has 0 aromatic heterocycles. The van der Waals surface area contributed by atoms with Gasteiger partial charge in [-0.3, -0.25) is 9.59 Å². The molecular weight excluding hydrogens is 676 g/mol. The minimum absolute atomic E-state index is 0.215. The number of esters is 2. The Labute approximate surface area is 322 Å². The van der Waals surface area contributed by atoms with Gasteiger partial charge in [-0.2, -0.15) is 0 Å². The lowest BCUT2D eigenvalue weighted by Gasteiger charge is -2.39. The maximum Gasteiger partial charge on any atom is 0.306 e. The van der Waals surface area contributed by atoms with Gasteiger partial charge in [0.1, 0.15) is 31.0 Å². The van der Waals surface area contributed by atoms with Crippen LogP contribution >= 0.6 is 0 Å². The first-order valence-corrected chi connectivity index (χ1v) is 21.8. The number of unbranched alkanes of at least 4 members (excludes halogenated alkanes) is 23. The zero-order chi connectivity index (χ0) is 38.8. The molecule has 0 aromatic rings. The van der Waals surface area contributed by atoms with E-state index in [0.29, 0.717) is 6.42 Å². The highest BCUT2D eigenvalue weighted by Gasteiger charge is 2.44. The number of aliphatic hydroxyl groups excluding tert-OH is 4. The molecule has 1 rings (SSSR count). The summed E-state index contributed by atoms with van der Waals surface area (Å²) in [6.45, 7) is 3.41. The second-order valence-electron chi connectivity index (χ2n) is 15.2. The van der Waals surface area contributed by atoms with E-state index in [1.165, 1.54) is 109 Å². The fourth-order valence-electron chi connectivity index (χ4n) is 6.65. The molecule has 0 radical (unpaired) electrons. The van der Waals surface area contributed by atoms with E-state index in [1.807, 2.05) is 0 Å². The highest BCUT2D eigenvalue weighted by atomic mass is 16.7. The van der Waals surface area contributed by atoms with Crippen molar-refractivity contribution in [3.8, 4) is 0 Å². The molecule has 4 N–H and O–H groups in total. The minimum atomic E-state index is -1.59. The Hall–Kier alpha value is -1.56. The van der Waals surface area contributed by atoms with Crippen LogP contribution < -0.4 is 0 Å². The largest absolute Gasteiger partial charge is 0.462 e. The van der Waals surface area contributed by atoms with Crippen molar-refractivity contribution in [3.63, 3.8) is 0 Å². The maximum atomic E-state index is 12.7. The first kappa shape index (κ1) is 49.5. The molecule has 53 heavy (non-hydrogen) atoms. The second kappa shape index (κ2) is 34.9. The molecule has 1 aliphatic heterocycles. The van der Waals surface area contributed by atoms with Gasteiger partial charge < -0.3 is 39.4 Å². The normalized spacial score (nSPS) is 20.9. The Kier molecular flexibility index (Phi) is 32.6. The van der Waals surface area contributed by atoms with Crippen molar-refractivity contribution in [1.82, 2.24) is 0 Å². The SMILES string of the molecule is CCCCCCCCC=CCCCCCCCC(=O)O[C@H](COC(=O)CCCCCCCCCCCCCCC)CO[C@H]1O[C@H](CO)[C@H](O)[C@H](O)[C@H]1O. The van der Waals surface area contributed by atoms with Crippen molar-refractivity contribution in [2.75, 3.05) is 19.8 Å². The van der Waals surface area contributed by atoms with Crippen LogP contribution in [0.15, 0.2) is 12.2 Å². The van der Waals surface area contributed by atoms with Crippen molar-refractivity contribution >= 4 is 11.9 Å². The van der Waals surface area contributed by atoms with Crippen LogP contribution in [0.4, 0.5) is 0 Å². The van der Waals surface area contributed by atoms with Gasteiger partial charge in [0.25, 0.3) is 0 Å². The predicted molar refractivity (Wildman–Crippen MR) is 210 cm³/mol. The minimum Gasteiger partial charge on any atom is -0.462 e. The van der Waals surface area contributed by atoms with E-state index in [2.05, 4.69) is 26.0 Å². The summed E-state index contributed by atoms with van der Waals surface area (Å²) in [6, 6.07) is 0. The Balaban J connectivity index is 2.35. The van der Waals surface area contributed by atoms with Gasteiger partial charge >= 0.3 is 11.9 Å². The lowest BCUT2D eigenvalue weighted by Crippen LogP contribution is -2.59. The van der Waals surface area contributed by atoms with Crippen molar-refractivity contribution in [1.29, 1.82) is 0 Å². The quantitative estimate of drug-likeness (QED) is 0.0277. The summed E-state index contributed by atoms with van der Waals surface area (Å²) in [7, 11) is 0. The molecule has 10 heteroatoms. The predicted octanol–water partition coefficient (Wildman–Crippen LogP) is 8.78. The molecule has 10 nitrogen and oxygen atoms in total. The third-order valence-electron chi connectivity index (χ3n) is 10.2. The third kappa shape index (κ3) is 26.8. The first-order chi connectivity index (χ1) is 25.8. The number of rotatable bonds is 36. The number of hydrogen-bond donors (Lipinski definition) is 4. The summed E-state index contributed by atoms with van der Waals surface area (Å²) in [5, 5.41) is 40.0. The fourth-order valence-corrected chi connectivity index (χ4v) is 6.65. The van der Waals surface area contributed by atoms with E-state index >= 15 is 0 Å². The van der Waals surface area contributed by atoms with Crippen molar-refractivity contribution in [2.45, 2.75) is 230 Å². The number of carbonyl (C=O) groups excluding carboxylic acids is 2. The van der Waals surface area contributed by atoms with Gasteiger partial charge in [-0.05, 0) is 38.5 Å². The Morgan fingerprint density at radius 1 is 0.566 bits per heavy atom. The second-order valence-corrected chi connectivity index (χ2v) is 15.2. The van der Waals surface area contributed by atoms with Crippen LogP contribution in [-0.4, -0.2) is 89.0 Å². The zero-order valence-corrected chi connectivity index (χ0v) is 33.8. The molecule has 0 aliphatic carbocycles. The van der Waals surface area contributed by atoms with Crippen LogP contribution in [0.2, 0.25) is 0 Å². The smallest absolute Gasteiger partial charge is 0.306 e. The molecule has 312 valence electrons. The molecule has 0 spiro atoms. The molecule has 1 heterocycles. The van der Waals surface area contributed by atoms with Crippen LogP contribution in [0.3, 0.4) is 0 Å². The molecule has 1 aliphatic rings. The van der Waals surface area contributed by atoms with Gasteiger partial charge in [-0.1, -0.05) is 154 Å². The Morgan fingerprint density at radius 2 is 1.00 bits per heavy atom. The van der Waals surface area contributed by atoms with Crippen LogP contribution in [0.5, 0.6) is 0 Å². The van der Waals surface area contributed by atoms with E-state index in [1.54, 1.807) is 0 Å². The summed E-state index contributed by atoms with van der Waals surface area (Å²) in [4.78, 5) is 25.3. The monoisotopic (exact) mass is 757 g/mol. The van der Waals surface area contributed by atoms with Gasteiger partial charge in [0.15, 0.2) is 12.4 Å². The first-order valence-electron chi connectivity index (χ1n) is 21.8. The number of aliphatic hydroxyl groups is 4. The van der Waals surface area contributed by atoms with Crippen molar-refractivity contribution in [2.24, 2.45) is 0 Å². The fraction of sp³-hybridized carbons (Fsp3) is 0.907. The maximum absolute atomic E-state index is 12.7. The Bertz CT molecular complexity index is 881. The van der Waals surface area contributed by atoms with Gasteiger partial charge in [0, 0.05) is 12.8 Å². The van der Waals surface area contributed by atoms with Crippen LogP contribution in [0.1, 0.15) is 194 Å². The van der Waals surface area contributed by atoms with Crippen LogP contribution in [-0.2, 0) is 28.5 Å². The average molecular weight is 757 g/mol. The molecule has 1 saturated heterocycles. The van der Waals surface area contributed by atoms with Gasteiger partial charge in [0.05, 0.1) is 13.2 Å². The van der Waals surface area contributed by atoms with Crippen molar-refractivity contribution < 1.29 is 49.0 Å². The van der Waals surface area contributed by atoms with Gasteiger partial charge in [-0.15, -0.1) is 0 Å². The highest BCUT2D eigenvalue weighted by Crippen LogP contribution is 2.23. The van der Waals surface area contributed by atoms with Crippen LogP contribution in [0.25, 0.3) is 0 Å². The number of carbonyl (C=O) groups is 2. The van der Waals surface area contributed by atoms with E-state index in [9.17, 15) is 30.0 Å².